The van der Waals surface area contributed by atoms with Crippen molar-refractivity contribution in [1.29, 1.82) is 0 Å². The highest BCUT2D eigenvalue weighted by atomic mass is 35.5. The average Bonchev–Trinajstić information content (AvgIpc) is 2.89. The topological polar surface area (TPSA) is 87.7 Å². The molecule has 0 aliphatic carbocycles. The molecule has 0 radical (unpaired) electrons. The molecule has 2 aliphatic rings. The second-order valence-electron chi connectivity index (χ2n) is 6.24. The van der Waals surface area contributed by atoms with E-state index in [-0.39, 0.29) is 30.2 Å². The third-order valence-electron chi connectivity index (χ3n) is 4.44. The molecule has 0 saturated carbocycles. The van der Waals surface area contributed by atoms with Crippen LogP contribution in [0.1, 0.15) is 18.9 Å². The number of nitrogens with one attached hydrogen (secondary N) is 2. The molecule has 0 aromatic heterocycles. The molecule has 2 fully saturated rings. The van der Waals surface area contributed by atoms with Crippen LogP contribution >= 0.6 is 12.4 Å². The van der Waals surface area contributed by atoms with Crippen LogP contribution in [0.25, 0.3) is 0 Å². The predicted molar refractivity (Wildman–Crippen MR) is 100 cm³/mol. The zero-order chi connectivity index (χ0) is 17.3. The molecule has 2 aliphatic heterocycles. The second kappa shape index (κ2) is 7.90. The van der Waals surface area contributed by atoms with Crippen molar-refractivity contribution in [3.05, 3.63) is 23.8 Å². The van der Waals surface area contributed by atoms with Gasteiger partial charge >= 0.3 is 0 Å². The van der Waals surface area contributed by atoms with E-state index in [1.807, 2.05) is 19.9 Å². The van der Waals surface area contributed by atoms with E-state index in [9.17, 15) is 13.2 Å². The molecule has 0 spiro atoms. The SMILES string of the molecule is Cc1ccc(NC(=O)[C@H]2NCCO[C@@H]2C)cc1N1CCCS1(=O)=O.Cl. The molecule has 7 nitrogen and oxygen atoms in total. The Bertz CT molecular complexity index is 741. The number of aryl methyl sites for hydroxylation is 1. The molecule has 2 atom stereocenters. The third kappa shape index (κ3) is 4.25. The Labute approximate surface area is 154 Å². The normalized spacial score (nSPS) is 25.3. The minimum atomic E-state index is -3.25. The number of morpholine rings is 1. The Kier molecular flexibility index (Phi) is 6.31. The Hall–Kier alpha value is -1.35. The van der Waals surface area contributed by atoms with E-state index in [4.69, 9.17) is 4.74 Å². The Morgan fingerprint density at radius 3 is 2.80 bits per heavy atom. The van der Waals surface area contributed by atoms with Crippen molar-refractivity contribution in [2.45, 2.75) is 32.4 Å². The van der Waals surface area contributed by atoms with Crippen LogP contribution in [0.2, 0.25) is 0 Å². The summed E-state index contributed by atoms with van der Waals surface area (Å²) in [6.45, 7) is 5.43. The fourth-order valence-corrected chi connectivity index (χ4v) is 4.73. The lowest BCUT2D eigenvalue weighted by Gasteiger charge is -2.29. The smallest absolute Gasteiger partial charge is 0.244 e. The highest BCUT2D eigenvalue weighted by Gasteiger charge is 2.31. The summed E-state index contributed by atoms with van der Waals surface area (Å²) in [5.41, 5.74) is 2.08. The summed E-state index contributed by atoms with van der Waals surface area (Å²) >= 11 is 0. The zero-order valence-electron chi connectivity index (χ0n) is 14.3. The Morgan fingerprint density at radius 2 is 2.16 bits per heavy atom. The summed E-state index contributed by atoms with van der Waals surface area (Å²) < 4.78 is 31.2. The van der Waals surface area contributed by atoms with Crippen LogP contribution in [0.15, 0.2) is 18.2 Å². The summed E-state index contributed by atoms with van der Waals surface area (Å²) in [6, 6.07) is 4.92. The number of hydrogen-bond donors (Lipinski definition) is 2. The predicted octanol–water partition coefficient (Wildman–Crippen LogP) is 1.27. The molecule has 3 rings (SSSR count). The van der Waals surface area contributed by atoms with Crippen molar-refractivity contribution in [3.8, 4) is 0 Å². The molecule has 2 N–H and O–H groups in total. The molecule has 1 amide bonds. The van der Waals surface area contributed by atoms with E-state index in [0.717, 1.165) is 5.56 Å². The number of carbonyl (C=O) groups excluding carboxylic acids is 1. The van der Waals surface area contributed by atoms with Crippen LogP contribution in [-0.2, 0) is 19.6 Å². The average molecular weight is 390 g/mol. The van der Waals surface area contributed by atoms with Crippen LogP contribution in [0.5, 0.6) is 0 Å². The van der Waals surface area contributed by atoms with Crippen LogP contribution < -0.4 is 14.9 Å². The summed E-state index contributed by atoms with van der Waals surface area (Å²) in [7, 11) is -3.25. The monoisotopic (exact) mass is 389 g/mol. The van der Waals surface area contributed by atoms with Crippen molar-refractivity contribution in [1.82, 2.24) is 5.32 Å². The molecule has 2 saturated heterocycles. The molecular formula is C16H24ClN3O4S. The van der Waals surface area contributed by atoms with E-state index in [1.54, 1.807) is 12.1 Å². The van der Waals surface area contributed by atoms with Gasteiger partial charge in [-0.05, 0) is 38.0 Å². The van der Waals surface area contributed by atoms with Gasteiger partial charge < -0.3 is 15.4 Å². The first kappa shape index (κ1) is 20.0. The lowest BCUT2D eigenvalue weighted by Crippen LogP contribution is -2.53. The number of nitrogens with zero attached hydrogens (tertiary/aromatic N) is 1. The first-order valence-corrected chi connectivity index (χ1v) is 9.76. The molecule has 0 unspecified atom stereocenters. The van der Waals surface area contributed by atoms with Gasteiger partial charge in [-0.25, -0.2) is 8.42 Å². The van der Waals surface area contributed by atoms with Crippen LogP contribution in [0, 0.1) is 6.92 Å². The minimum Gasteiger partial charge on any atom is -0.375 e. The van der Waals surface area contributed by atoms with Gasteiger partial charge in [-0.15, -0.1) is 12.4 Å². The van der Waals surface area contributed by atoms with Crippen LogP contribution in [-0.4, -0.2) is 51.9 Å². The molecule has 25 heavy (non-hydrogen) atoms. The van der Waals surface area contributed by atoms with E-state index in [1.165, 1.54) is 4.31 Å². The molecule has 2 heterocycles. The summed E-state index contributed by atoms with van der Waals surface area (Å²) in [6.07, 6.45) is 0.418. The number of hydrogen-bond acceptors (Lipinski definition) is 5. The standard InChI is InChI=1S/C16H23N3O4S.ClH/c1-11-4-5-13(10-14(11)19-7-3-9-24(19,21)22)18-16(20)15-12(2)23-8-6-17-15;/h4-5,10,12,15,17H,3,6-9H2,1-2H3,(H,18,20);1H/t12-,15+;/m1./s1. The first-order chi connectivity index (χ1) is 11.4. The number of ether oxygens (including phenoxy) is 1. The fraction of sp³-hybridized carbons (Fsp3) is 0.562. The van der Waals surface area contributed by atoms with Gasteiger partial charge in [-0.1, -0.05) is 6.07 Å². The maximum absolute atomic E-state index is 12.4. The van der Waals surface area contributed by atoms with E-state index < -0.39 is 16.1 Å². The van der Waals surface area contributed by atoms with Crippen molar-refractivity contribution < 1.29 is 17.9 Å². The third-order valence-corrected chi connectivity index (χ3v) is 6.30. The van der Waals surface area contributed by atoms with Gasteiger partial charge in [0.05, 0.1) is 24.2 Å². The molecule has 1 aromatic rings. The largest absolute Gasteiger partial charge is 0.375 e. The van der Waals surface area contributed by atoms with Gasteiger partial charge in [0.25, 0.3) is 0 Å². The quantitative estimate of drug-likeness (QED) is 0.812. The second-order valence-corrected chi connectivity index (χ2v) is 8.25. The Morgan fingerprint density at radius 1 is 1.40 bits per heavy atom. The van der Waals surface area contributed by atoms with Crippen molar-refractivity contribution in [3.63, 3.8) is 0 Å². The highest BCUT2D eigenvalue weighted by molar-refractivity contribution is 7.93. The van der Waals surface area contributed by atoms with Crippen LogP contribution in [0.3, 0.4) is 0 Å². The summed E-state index contributed by atoms with van der Waals surface area (Å²) in [5.74, 6) is -0.00886. The molecule has 1 aromatic carbocycles. The Balaban J connectivity index is 0.00000225. The number of anilines is 2. The van der Waals surface area contributed by atoms with E-state index in [2.05, 4.69) is 10.6 Å². The van der Waals surface area contributed by atoms with Crippen LogP contribution in [0.4, 0.5) is 11.4 Å². The maximum atomic E-state index is 12.4. The number of rotatable bonds is 3. The van der Waals surface area contributed by atoms with Gasteiger partial charge in [-0.3, -0.25) is 9.10 Å². The number of benzene rings is 1. The van der Waals surface area contributed by atoms with Gasteiger partial charge in [0, 0.05) is 18.8 Å². The van der Waals surface area contributed by atoms with Gasteiger partial charge in [-0.2, -0.15) is 0 Å². The van der Waals surface area contributed by atoms with Crippen molar-refractivity contribution in [2.75, 3.05) is 35.1 Å². The van der Waals surface area contributed by atoms with E-state index >= 15 is 0 Å². The number of carbonyl (C=O) groups is 1. The molecule has 0 bridgehead atoms. The first-order valence-electron chi connectivity index (χ1n) is 8.15. The maximum Gasteiger partial charge on any atom is 0.244 e. The minimum absolute atomic E-state index is 0. The molecular weight excluding hydrogens is 366 g/mol. The zero-order valence-corrected chi connectivity index (χ0v) is 16.0. The molecule has 140 valence electrons. The number of sulfonamides is 1. The van der Waals surface area contributed by atoms with Crippen molar-refractivity contribution in [2.24, 2.45) is 0 Å². The summed E-state index contributed by atoms with van der Waals surface area (Å²) in [5, 5.41) is 6.00. The lowest BCUT2D eigenvalue weighted by atomic mass is 10.1. The van der Waals surface area contributed by atoms with Crippen molar-refractivity contribution >= 4 is 39.7 Å². The van der Waals surface area contributed by atoms with Gasteiger partial charge in [0.1, 0.15) is 6.04 Å². The summed E-state index contributed by atoms with van der Waals surface area (Å²) in [4.78, 5) is 12.4. The lowest BCUT2D eigenvalue weighted by molar-refractivity contribution is -0.123. The number of halogens is 1. The van der Waals surface area contributed by atoms with E-state index in [0.29, 0.717) is 37.5 Å². The van der Waals surface area contributed by atoms with Gasteiger partial charge in [0.2, 0.25) is 15.9 Å². The fourth-order valence-electron chi connectivity index (χ4n) is 3.11. The number of amides is 1. The highest BCUT2D eigenvalue weighted by Crippen LogP contribution is 2.30. The molecule has 9 heteroatoms. The van der Waals surface area contributed by atoms with Gasteiger partial charge in [0.15, 0.2) is 0 Å².